The van der Waals surface area contributed by atoms with Gasteiger partial charge >= 0.3 is 6.09 Å². The predicted molar refractivity (Wildman–Crippen MR) is 78.5 cm³/mol. The molecule has 0 saturated carbocycles. The number of ether oxygens (including phenoxy) is 2. The van der Waals surface area contributed by atoms with E-state index in [1.807, 2.05) is 20.8 Å². The summed E-state index contributed by atoms with van der Waals surface area (Å²) in [6.45, 7) is 6.95. The van der Waals surface area contributed by atoms with Gasteiger partial charge in [0, 0.05) is 6.42 Å². The van der Waals surface area contributed by atoms with Crippen LogP contribution >= 0.6 is 0 Å². The van der Waals surface area contributed by atoms with Crippen LogP contribution in [-0.2, 0) is 9.47 Å². The van der Waals surface area contributed by atoms with Gasteiger partial charge in [0.25, 0.3) is 0 Å². The Bertz CT molecular complexity index is 364. The molecule has 2 rings (SSSR count). The molecule has 0 atom stereocenters. The fraction of sp³-hybridized carbons (Fsp3) is 0.812. The van der Waals surface area contributed by atoms with Crippen LogP contribution in [0.15, 0.2) is 11.8 Å². The van der Waals surface area contributed by atoms with Crippen LogP contribution in [0.2, 0.25) is 0 Å². The first-order valence-electron chi connectivity index (χ1n) is 7.78. The van der Waals surface area contributed by atoms with Crippen LogP contribution < -0.4 is 0 Å². The van der Waals surface area contributed by atoms with Crippen molar-refractivity contribution in [2.24, 2.45) is 0 Å². The summed E-state index contributed by atoms with van der Waals surface area (Å²) in [4.78, 5) is 13.5. The van der Waals surface area contributed by atoms with E-state index in [1.54, 1.807) is 4.90 Å². The molecular weight excluding hydrogens is 254 g/mol. The van der Waals surface area contributed by atoms with Crippen molar-refractivity contribution >= 4 is 6.09 Å². The summed E-state index contributed by atoms with van der Waals surface area (Å²) in [5, 5.41) is 0. The number of carbonyl (C=O) groups excluding carboxylic acids is 1. The number of hydrogen-bond acceptors (Lipinski definition) is 3. The Labute approximate surface area is 122 Å². The fourth-order valence-electron chi connectivity index (χ4n) is 2.47. The number of likely N-dealkylation sites (tertiary alicyclic amines) is 1. The van der Waals surface area contributed by atoms with Gasteiger partial charge < -0.3 is 14.4 Å². The zero-order chi connectivity index (χ0) is 14.6. The number of allylic oxidation sites excluding steroid dienone is 2. The zero-order valence-corrected chi connectivity index (χ0v) is 13.0. The summed E-state index contributed by atoms with van der Waals surface area (Å²) in [5.74, 6) is 1.12. The maximum atomic E-state index is 11.8. The summed E-state index contributed by atoms with van der Waals surface area (Å²) >= 11 is 0. The summed E-state index contributed by atoms with van der Waals surface area (Å²) in [5.41, 5.74) is -0.426. The topological polar surface area (TPSA) is 38.8 Å². The molecule has 1 aliphatic heterocycles. The highest BCUT2D eigenvalue weighted by Crippen LogP contribution is 2.23. The Morgan fingerprint density at radius 3 is 2.60 bits per heavy atom. The molecule has 4 nitrogen and oxygen atoms in total. The van der Waals surface area contributed by atoms with Crippen molar-refractivity contribution in [3.63, 3.8) is 0 Å². The van der Waals surface area contributed by atoms with E-state index in [9.17, 15) is 4.79 Å². The van der Waals surface area contributed by atoms with Gasteiger partial charge in [0.2, 0.25) is 0 Å². The highest BCUT2D eigenvalue weighted by atomic mass is 16.6. The van der Waals surface area contributed by atoms with Crippen LogP contribution in [0.4, 0.5) is 4.79 Å². The average Bonchev–Trinajstić information content (AvgIpc) is 2.21. The molecule has 0 aromatic rings. The molecule has 0 spiro atoms. The minimum atomic E-state index is -0.426. The fourth-order valence-corrected chi connectivity index (χ4v) is 2.47. The van der Waals surface area contributed by atoms with Crippen molar-refractivity contribution in [3.05, 3.63) is 11.8 Å². The lowest BCUT2D eigenvalue weighted by Gasteiger charge is -2.40. The van der Waals surface area contributed by atoms with E-state index in [0.29, 0.717) is 13.1 Å². The largest absolute Gasteiger partial charge is 0.491 e. The van der Waals surface area contributed by atoms with E-state index in [4.69, 9.17) is 9.47 Å². The molecule has 1 fully saturated rings. The smallest absolute Gasteiger partial charge is 0.410 e. The monoisotopic (exact) mass is 281 g/mol. The lowest BCUT2D eigenvalue weighted by atomic mass is 10.0. The lowest BCUT2D eigenvalue weighted by molar-refractivity contribution is -0.0439. The Kier molecular flexibility index (Phi) is 4.95. The highest BCUT2D eigenvalue weighted by Gasteiger charge is 2.35. The van der Waals surface area contributed by atoms with Crippen LogP contribution in [0.3, 0.4) is 0 Å². The van der Waals surface area contributed by atoms with Gasteiger partial charge in [-0.25, -0.2) is 4.79 Å². The van der Waals surface area contributed by atoms with E-state index >= 15 is 0 Å². The Hall–Kier alpha value is -1.19. The van der Waals surface area contributed by atoms with Crippen molar-refractivity contribution in [3.8, 4) is 0 Å². The average molecular weight is 281 g/mol. The van der Waals surface area contributed by atoms with Gasteiger partial charge in [-0.05, 0) is 46.1 Å². The summed E-state index contributed by atoms with van der Waals surface area (Å²) in [6.07, 6.45) is 9.43. The molecule has 1 heterocycles. The predicted octanol–water partition coefficient (Wildman–Crippen LogP) is 3.86. The molecule has 1 amide bonds. The first kappa shape index (κ1) is 15.2. The van der Waals surface area contributed by atoms with Gasteiger partial charge in [0.1, 0.15) is 11.7 Å². The second-order valence-electron chi connectivity index (χ2n) is 6.75. The Morgan fingerprint density at radius 1 is 1.20 bits per heavy atom. The molecule has 1 aliphatic carbocycles. The summed E-state index contributed by atoms with van der Waals surface area (Å²) in [6, 6.07) is 0. The van der Waals surface area contributed by atoms with Gasteiger partial charge in [-0.1, -0.05) is 12.8 Å². The Morgan fingerprint density at radius 2 is 1.90 bits per heavy atom. The molecule has 4 heteroatoms. The third-order valence-corrected chi connectivity index (χ3v) is 3.57. The molecule has 114 valence electrons. The molecule has 2 aliphatic rings. The van der Waals surface area contributed by atoms with Crippen molar-refractivity contribution in [1.82, 2.24) is 4.90 Å². The van der Waals surface area contributed by atoms with Crippen LogP contribution in [0.25, 0.3) is 0 Å². The molecule has 0 bridgehead atoms. The van der Waals surface area contributed by atoms with E-state index in [0.717, 1.165) is 18.6 Å². The number of hydrogen-bond donors (Lipinski definition) is 0. The minimum Gasteiger partial charge on any atom is -0.491 e. The quantitative estimate of drug-likeness (QED) is 0.771. The highest BCUT2D eigenvalue weighted by molar-refractivity contribution is 5.69. The third kappa shape index (κ3) is 4.73. The van der Waals surface area contributed by atoms with Crippen LogP contribution in [0.1, 0.15) is 59.3 Å². The summed E-state index contributed by atoms with van der Waals surface area (Å²) < 4.78 is 11.3. The molecule has 0 unspecified atom stereocenters. The maximum absolute atomic E-state index is 11.8. The van der Waals surface area contributed by atoms with Gasteiger partial charge in [-0.15, -0.1) is 0 Å². The lowest BCUT2D eigenvalue weighted by Crippen LogP contribution is -2.55. The molecule has 20 heavy (non-hydrogen) atoms. The van der Waals surface area contributed by atoms with E-state index in [2.05, 4.69) is 6.08 Å². The number of amides is 1. The SMILES string of the molecule is CC(C)(C)OC(=O)N1CC(O/C2=C/CCCCCC2)C1. The van der Waals surface area contributed by atoms with Gasteiger partial charge in [-0.2, -0.15) is 0 Å². The van der Waals surface area contributed by atoms with Gasteiger partial charge in [0.05, 0.1) is 18.8 Å². The van der Waals surface area contributed by atoms with Gasteiger partial charge in [0.15, 0.2) is 0 Å². The van der Waals surface area contributed by atoms with Crippen molar-refractivity contribution < 1.29 is 14.3 Å². The van der Waals surface area contributed by atoms with Gasteiger partial charge in [-0.3, -0.25) is 0 Å². The first-order chi connectivity index (χ1) is 9.44. The van der Waals surface area contributed by atoms with Crippen molar-refractivity contribution in [2.75, 3.05) is 13.1 Å². The molecule has 0 N–H and O–H groups in total. The van der Waals surface area contributed by atoms with Crippen LogP contribution in [0.5, 0.6) is 0 Å². The van der Waals surface area contributed by atoms with E-state index in [-0.39, 0.29) is 12.2 Å². The maximum Gasteiger partial charge on any atom is 0.410 e. The standard InChI is InChI=1S/C16H27NO3/c1-16(2,3)20-15(18)17-11-14(12-17)19-13-9-7-5-4-6-8-10-13/h9,14H,4-8,10-12H2,1-3H3/b13-9+. The first-order valence-corrected chi connectivity index (χ1v) is 7.78. The molecule has 0 aromatic heterocycles. The number of carbonyl (C=O) groups is 1. The Balaban J connectivity index is 1.72. The van der Waals surface area contributed by atoms with E-state index < -0.39 is 5.60 Å². The second kappa shape index (κ2) is 6.51. The second-order valence-corrected chi connectivity index (χ2v) is 6.75. The normalized spacial score (nSPS) is 23.9. The zero-order valence-electron chi connectivity index (χ0n) is 13.0. The third-order valence-electron chi connectivity index (χ3n) is 3.57. The van der Waals surface area contributed by atoms with E-state index in [1.165, 1.54) is 25.7 Å². The summed E-state index contributed by atoms with van der Waals surface area (Å²) in [7, 11) is 0. The molecular formula is C16H27NO3. The molecule has 0 aromatic carbocycles. The van der Waals surface area contributed by atoms with Crippen molar-refractivity contribution in [1.29, 1.82) is 0 Å². The molecule has 0 radical (unpaired) electrons. The van der Waals surface area contributed by atoms with Crippen molar-refractivity contribution in [2.45, 2.75) is 71.0 Å². The number of rotatable bonds is 2. The molecule has 1 saturated heterocycles. The minimum absolute atomic E-state index is 0.146. The van der Waals surface area contributed by atoms with Crippen LogP contribution in [-0.4, -0.2) is 35.8 Å². The number of nitrogens with zero attached hydrogens (tertiary/aromatic N) is 1. The van der Waals surface area contributed by atoms with Crippen LogP contribution in [0, 0.1) is 0 Å².